The molecule has 0 saturated carbocycles. The van der Waals surface area contributed by atoms with E-state index in [0.717, 1.165) is 5.69 Å². The van der Waals surface area contributed by atoms with E-state index < -0.39 is 10.0 Å². The summed E-state index contributed by atoms with van der Waals surface area (Å²) in [5, 5.41) is 8.01. The molecule has 2 aromatic rings. The Bertz CT molecular complexity index is 889. The number of hydrogen-bond acceptors (Lipinski definition) is 6. The van der Waals surface area contributed by atoms with Crippen molar-refractivity contribution in [1.82, 2.24) is 9.62 Å². The van der Waals surface area contributed by atoms with Gasteiger partial charge in [-0.05, 0) is 30.5 Å². The molecule has 0 unspecified atom stereocenters. The summed E-state index contributed by atoms with van der Waals surface area (Å²) in [7, 11) is 1.34. The first-order chi connectivity index (χ1) is 13.4. The van der Waals surface area contributed by atoms with Gasteiger partial charge in [0, 0.05) is 38.9 Å². The van der Waals surface area contributed by atoms with Crippen LogP contribution in [0.25, 0.3) is 0 Å². The molecule has 0 saturated heterocycles. The van der Waals surface area contributed by atoms with Crippen LogP contribution < -0.4 is 20.1 Å². The Morgan fingerprint density at radius 1 is 1.28 bits per heavy atom. The average Bonchev–Trinajstić information content (AvgIpc) is 3.23. The van der Waals surface area contributed by atoms with Crippen LogP contribution in [-0.4, -0.2) is 59.6 Å². The van der Waals surface area contributed by atoms with Crippen LogP contribution in [-0.2, 0) is 10.0 Å². The zero-order valence-electron chi connectivity index (χ0n) is 16.8. The van der Waals surface area contributed by atoms with Crippen LogP contribution in [0.5, 0.6) is 11.5 Å². The van der Waals surface area contributed by atoms with E-state index in [4.69, 9.17) is 9.47 Å². The molecule has 29 heavy (non-hydrogen) atoms. The molecule has 0 fully saturated rings. The highest BCUT2D eigenvalue weighted by Gasteiger charge is 2.21. The molecule has 1 heterocycles. The van der Waals surface area contributed by atoms with Gasteiger partial charge in [0.25, 0.3) is 10.0 Å². The third kappa shape index (κ3) is 7.01. The van der Waals surface area contributed by atoms with Crippen molar-refractivity contribution in [3.8, 4) is 11.5 Å². The minimum absolute atomic E-state index is 0. The minimum atomic E-state index is -3.46. The quantitative estimate of drug-likeness (QED) is 0.281. The fourth-order valence-corrected chi connectivity index (χ4v) is 4.73. The molecule has 0 amide bonds. The van der Waals surface area contributed by atoms with E-state index in [1.165, 1.54) is 15.6 Å². The van der Waals surface area contributed by atoms with Crippen molar-refractivity contribution in [3.63, 3.8) is 0 Å². The monoisotopic (exact) mass is 554 g/mol. The second-order valence-corrected chi connectivity index (χ2v) is 8.90. The lowest BCUT2D eigenvalue weighted by molar-refractivity contribution is 0.311. The van der Waals surface area contributed by atoms with Gasteiger partial charge >= 0.3 is 0 Å². The summed E-state index contributed by atoms with van der Waals surface area (Å²) < 4.78 is 37.4. The Morgan fingerprint density at radius 3 is 2.62 bits per heavy atom. The molecule has 162 valence electrons. The number of aliphatic imine (C=N–C) groups is 1. The first-order valence-electron chi connectivity index (χ1n) is 8.70. The van der Waals surface area contributed by atoms with E-state index in [-0.39, 0.29) is 24.0 Å². The second-order valence-electron chi connectivity index (χ2n) is 5.68. The third-order valence-electron chi connectivity index (χ3n) is 3.83. The Balaban J connectivity index is 0.00000420. The smallest absolute Gasteiger partial charge is 0.252 e. The van der Waals surface area contributed by atoms with Gasteiger partial charge in [0.05, 0.1) is 13.7 Å². The van der Waals surface area contributed by atoms with Gasteiger partial charge < -0.3 is 20.1 Å². The van der Waals surface area contributed by atoms with Gasteiger partial charge in [-0.1, -0.05) is 6.07 Å². The number of guanidine groups is 1. The maximum atomic E-state index is 12.4. The molecular formula is C18H27IN4O4S2. The predicted octanol–water partition coefficient (Wildman–Crippen LogP) is 3.08. The maximum absolute atomic E-state index is 12.4. The molecular weight excluding hydrogens is 527 g/mol. The number of nitrogens with zero attached hydrogens (tertiary/aromatic N) is 2. The number of ether oxygens (including phenoxy) is 2. The highest BCUT2D eigenvalue weighted by atomic mass is 127. The number of nitrogens with one attached hydrogen (secondary N) is 2. The van der Waals surface area contributed by atoms with Gasteiger partial charge in [0.1, 0.15) is 4.21 Å². The summed E-state index contributed by atoms with van der Waals surface area (Å²) in [6.07, 6.45) is 0. The molecule has 0 aliphatic carbocycles. The van der Waals surface area contributed by atoms with Crippen molar-refractivity contribution >= 4 is 57.0 Å². The summed E-state index contributed by atoms with van der Waals surface area (Å²) in [4.78, 5) is 4.17. The van der Waals surface area contributed by atoms with E-state index >= 15 is 0 Å². The number of rotatable bonds is 9. The number of sulfonamides is 1. The number of anilines is 1. The number of likely N-dealkylation sites (N-methyl/N-ethyl adjacent to an activating group) is 1. The molecule has 0 aliphatic heterocycles. The highest BCUT2D eigenvalue weighted by Crippen LogP contribution is 2.30. The number of halogens is 1. The van der Waals surface area contributed by atoms with Gasteiger partial charge in [0.15, 0.2) is 17.5 Å². The van der Waals surface area contributed by atoms with Crippen molar-refractivity contribution in [1.29, 1.82) is 0 Å². The van der Waals surface area contributed by atoms with Crippen LogP contribution in [0.15, 0.2) is 44.9 Å². The summed E-state index contributed by atoms with van der Waals surface area (Å²) in [5.74, 6) is 1.80. The minimum Gasteiger partial charge on any atom is -0.493 e. The van der Waals surface area contributed by atoms with Crippen LogP contribution in [0.4, 0.5) is 5.69 Å². The summed E-state index contributed by atoms with van der Waals surface area (Å²) in [6, 6.07) is 8.80. The van der Waals surface area contributed by atoms with Crippen molar-refractivity contribution in [3.05, 3.63) is 35.7 Å². The second kappa shape index (κ2) is 12.2. The van der Waals surface area contributed by atoms with E-state index in [1.807, 2.05) is 25.1 Å². The van der Waals surface area contributed by atoms with Crippen molar-refractivity contribution < 1.29 is 17.9 Å². The summed E-state index contributed by atoms with van der Waals surface area (Å²) >= 11 is 1.20. The first kappa shape index (κ1) is 25.5. The van der Waals surface area contributed by atoms with E-state index in [9.17, 15) is 8.42 Å². The van der Waals surface area contributed by atoms with Gasteiger partial charge in [-0.25, -0.2) is 8.42 Å². The molecule has 0 bridgehead atoms. The molecule has 8 nitrogen and oxygen atoms in total. The zero-order chi connectivity index (χ0) is 20.6. The average molecular weight is 554 g/mol. The van der Waals surface area contributed by atoms with Crippen molar-refractivity contribution in [2.24, 2.45) is 4.99 Å². The maximum Gasteiger partial charge on any atom is 0.252 e. The fraction of sp³-hybridized carbons (Fsp3) is 0.389. The van der Waals surface area contributed by atoms with E-state index in [0.29, 0.717) is 41.4 Å². The third-order valence-corrected chi connectivity index (χ3v) is 7.06. The highest BCUT2D eigenvalue weighted by molar-refractivity contribution is 14.0. The lowest BCUT2D eigenvalue weighted by Crippen LogP contribution is -2.38. The lowest BCUT2D eigenvalue weighted by atomic mass is 10.2. The van der Waals surface area contributed by atoms with Crippen LogP contribution in [0.2, 0.25) is 0 Å². The Labute approximate surface area is 193 Å². The Hall–Kier alpha value is -1.57. The van der Waals surface area contributed by atoms with Gasteiger partial charge in [-0.15, -0.1) is 35.3 Å². The molecule has 1 aromatic carbocycles. The summed E-state index contributed by atoms with van der Waals surface area (Å²) in [5.41, 5.74) is 0.775. The van der Waals surface area contributed by atoms with E-state index in [2.05, 4.69) is 15.6 Å². The van der Waals surface area contributed by atoms with Crippen molar-refractivity contribution in [2.75, 3.05) is 46.2 Å². The number of thiophene rings is 1. The molecule has 2 N–H and O–H groups in total. The van der Waals surface area contributed by atoms with Crippen LogP contribution in [0, 0.1) is 0 Å². The van der Waals surface area contributed by atoms with Crippen LogP contribution in [0.1, 0.15) is 6.92 Å². The largest absolute Gasteiger partial charge is 0.493 e. The van der Waals surface area contributed by atoms with Gasteiger partial charge in [0.2, 0.25) is 0 Å². The number of methoxy groups -OCH3 is 1. The molecule has 0 spiro atoms. The number of benzene rings is 1. The van der Waals surface area contributed by atoms with E-state index in [1.54, 1.807) is 38.7 Å². The molecule has 0 radical (unpaired) electrons. The Kier molecular flexibility index (Phi) is 10.7. The molecule has 2 rings (SSSR count). The van der Waals surface area contributed by atoms with Gasteiger partial charge in [-0.2, -0.15) is 4.31 Å². The lowest BCUT2D eigenvalue weighted by Gasteiger charge is -2.18. The summed E-state index contributed by atoms with van der Waals surface area (Å²) in [6.45, 7) is 3.13. The molecule has 0 aliphatic rings. The fourth-order valence-electron chi connectivity index (χ4n) is 2.35. The predicted molar refractivity (Wildman–Crippen MR) is 129 cm³/mol. The van der Waals surface area contributed by atoms with Crippen LogP contribution in [0.3, 0.4) is 0 Å². The Morgan fingerprint density at radius 2 is 2.03 bits per heavy atom. The SMILES string of the molecule is CCOc1cc(NC(=NC)NCCN(C)S(=O)(=O)c2cccs2)ccc1OC.I. The topological polar surface area (TPSA) is 92.3 Å². The van der Waals surface area contributed by atoms with Gasteiger partial charge in [-0.3, -0.25) is 4.99 Å². The number of hydrogen-bond donors (Lipinski definition) is 2. The first-order valence-corrected chi connectivity index (χ1v) is 11.0. The van der Waals surface area contributed by atoms with Crippen molar-refractivity contribution in [2.45, 2.75) is 11.1 Å². The molecule has 11 heteroatoms. The molecule has 0 atom stereocenters. The van der Waals surface area contributed by atoms with Crippen LogP contribution >= 0.6 is 35.3 Å². The standard InChI is InChI=1S/C18H26N4O4S2.HI/c1-5-26-16-13-14(8-9-15(16)25-4)21-18(19-2)20-10-11-22(3)28(23,24)17-7-6-12-27-17;/h6-9,12-13H,5,10-11H2,1-4H3,(H2,19,20,21);1H. The zero-order valence-corrected chi connectivity index (χ0v) is 20.8. The molecule has 1 aromatic heterocycles. The normalized spacial score (nSPS) is 11.7.